The van der Waals surface area contributed by atoms with Crippen molar-refractivity contribution in [1.29, 1.82) is 0 Å². The molecular weight excluding hydrogens is 640 g/mol. The largest absolute Gasteiger partial charge is 0.491 e. The van der Waals surface area contributed by atoms with Gasteiger partial charge in [0.15, 0.2) is 0 Å². The standard InChI is InChI=1S/C44H54O7/c1-5-43(6-2,50-39-21-13-34(14-22-39)25-33-11-19-38(20-12-33)47-29-41-30-48-41)27-36(45)28-46-37-17-9-32(10-18-37)26-35-15-23-40(24-16-35)51-44(7-3,8-4)42-31-49-42/h9-24,36,41-42,45H,5-8,25-31H2,1-4H3. The Balaban J connectivity index is 0.952. The molecule has 2 fully saturated rings. The Morgan fingerprint density at radius 2 is 1.02 bits per heavy atom. The van der Waals surface area contributed by atoms with Crippen molar-refractivity contribution in [3.05, 3.63) is 119 Å². The van der Waals surface area contributed by atoms with E-state index in [9.17, 15) is 5.11 Å². The quantitative estimate of drug-likeness (QED) is 0.0874. The third-order valence-electron chi connectivity index (χ3n) is 10.5. The first-order valence-electron chi connectivity index (χ1n) is 18.7. The third-order valence-corrected chi connectivity index (χ3v) is 10.5. The van der Waals surface area contributed by atoms with E-state index in [0.29, 0.717) is 13.0 Å². The fourth-order valence-corrected chi connectivity index (χ4v) is 6.74. The fraction of sp³-hybridized carbons (Fsp3) is 0.455. The summed E-state index contributed by atoms with van der Waals surface area (Å²) >= 11 is 0. The fourth-order valence-electron chi connectivity index (χ4n) is 6.74. The molecule has 4 aromatic carbocycles. The van der Waals surface area contributed by atoms with Gasteiger partial charge in [0.05, 0.1) is 19.3 Å². The monoisotopic (exact) mass is 694 g/mol. The molecule has 0 bridgehead atoms. The second-order valence-electron chi connectivity index (χ2n) is 14.1. The lowest BCUT2D eigenvalue weighted by Gasteiger charge is -2.34. The number of rotatable bonds is 21. The van der Waals surface area contributed by atoms with Gasteiger partial charge in [-0.3, -0.25) is 0 Å². The van der Waals surface area contributed by atoms with E-state index in [1.54, 1.807) is 0 Å². The maximum Gasteiger partial charge on any atom is 0.137 e. The van der Waals surface area contributed by atoms with Gasteiger partial charge in [-0.1, -0.05) is 76.2 Å². The van der Waals surface area contributed by atoms with Crippen LogP contribution in [-0.4, -0.2) is 61.0 Å². The highest BCUT2D eigenvalue weighted by atomic mass is 16.6. The number of epoxide rings is 2. The van der Waals surface area contributed by atoms with Crippen molar-refractivity contribution in [2.75, 3.05) is 26.4 Å². The molecule has 0 saturated carbocycles. The van der Waals surface area contributed by atoms with Gasteiger partial charge in [0.1, 0.15) is 59.6 Å². The van der Waals surface area contributed by atoms with Gasteiger partial charge in [0.2, 0.25) is 0 Å². The van der Waals surface area contributed by atoms with Crippen LogP contribution in [-0.2, 0) is 22.3 Å². The Kier molecular flexibility index (Phi) is 12.2. The highest BCUT2D eigenvalue weighted by Crippen LogP contribution is 2.36. The molecule has 6 rings (SSSR count). The first-order chi connectivity index (χ1) is 24.8. The van der Waals surface area contributed by atoms with Crippen LogP contribution < -0.4 is 18.9 Å². The van der Waals surface area contributed by atoms with E-state index in [2.05, 4.69) is 88.4 Å². The van der Waals surface area contributed by atoms with Gasteiger partial charge >= 0.3 is 0 Å². The second kappa shape index (κ2) is 17.0. The Morgan fingerprint density at radius 3 is 1.43 bits per heavy atom. The first-order valence-corrected chi connectivity index (χ1v) is 18.7. The zero-order valence-electron chi connectivity index (χ0n) is 30.6. The van der Waals surface area contributed by atoms with Gasteiger partial charge in [-0.15, -0.1) is 0 Å². The van der Waals surface area contributed by atoms with Crippen LogP contribution in [0.2, 0.25) is 0 Å². The van der Waals surface area contributed by atoms with E-state index in [-0.39, 0.29) is 24.4 Å². The Labute approximate surface area is 303 Å². The van der Waals surface area contributed by atoms with E-state index < -0.39 is 11.7 Å². The predicted molar refractivity (Wildman–Crippen MR) is 200 cm³/mol. The number of benzene rings is 4. The minimum absolute atomic E-state index is 0.196. The van der Waals surface area contributed by atoms with Crippen molar-refractivity contribution in [2.24, 2.45) is 0 Å². The highest BCUT2D eigenvalue weighted by molar-refractivity contribution is 5.36. The molecule has 0 aliphatic carbocycles. The molecule has 272 valence electrons. The van der Waals surface area contributed by atoms with Crippen molar-refractivity contribution in [1.82, 2.24) is 0 Å². The first kappa shape index (κ1) is 36.7. The molecule has 0 spiro atoms. The molecule has 0 radical (unpaired) electrons. The van der Waals surface area contributed by atoms with Gasteiger partial charge < -0.3 is 33.5 Å². The smallest absolute Gasteiger partial charge is 0.137 e. The second-order valence-corrected chi connectivity index (χ2v) is 14.1. The molecule has 3 unspecified atom stereocenters. The van der Waals surface area contributed by atoms with E-state index in [0.717, 1.165) is 74.7 Å². The van der Waals surface area contributed by atoms with Gasteiger partial charge in [-0.2, -0.15) is 0 Å². The summed E-state index contributed by atoms with van der Waals surface area (Å²) in [6.07, 6.45) is 5.30. The van der Waals surface area contributed by atoms with Gasteiger partial charge in [0, 0.05) is 6.42 Å². The zero-order chi connectivity index (χ0) is 35.7. The normalized spacial score (nSPS) is 17.4. The molecule has 2 aliphatic rings. The summed E-state index contributed by atoms with van der Waals surface area (Å²) in [7, 11) is 0. The third kappa shape index (κ3) is 10.3. The van der Waals surface area contributed by atoms with Crippen molar-refractivity contribution in [3.63, 3.8) is 0 Å². The molecule has 0 amide bonds. The maximum atomic E-state index is 11.0. The lowest BCUT2D eigenvalue weighted by atomic mass is 9.90. The summed E-state index contributed by atoms with van der Waals surface area (Å²) in [6, 6.07) is 33.0. The molecule has 1 N–H and O–H groups in total. The lowest BCUT2D eigenvalue weighted by molar-refractivity contribution is -0.00985. The number of hydrogen-bond donors (Lipinski definition) is 1. The van der Waals surface area contributed by atoms with Crippen LogP contribution >= 0.6 is 0 Å². The van der Waals surface area contributed by atoms with Crippen LogP contribution in [0.4, 0.5) is 0 Å². The van der Waals surface area contributed by atoms with Crippen LogP contribution in [0.25, 0.3) is 0 Å². The highest BCUT2D eigenvalue weighted by Gasteiger charge is 2.46. The molecule has 2 saturated heterocycles. The topological polar surface area (TPSA) is 82.2 Å². The summed E-state index contributed by atoms with van der Waals surface area (Å²) in [6.45, 7) is 11.0. The molecular formula is C44H54O7. The van der Waals surface area contributed by atoms with Gasteiger partial charge in [-0.25, -0.2) is 0 Å². The van der Waals surface area contributed by atoms with Crippen molar-refractivity contribution in [2.45, 2.75) is 102 Å². The van der Waals surface area contributed by atoms with E-state index in [1.807, 2.05) is 36.4 Å². The predicted octanol–water partition coefficient (Wildman–Crippen LogP) is 8.75. The minimum atomic E-state index is -0.668. The number of aliphatic hydroxyl groups is 1. The van der Waals surface area contributed by atoms with Gasteiger partial charge in [-0.05, 0) is 109 Å². The van der Waals surface area contributed by atoms with Crippen LogP contribution in [0.5, 0.6) is 23.0 Å². The molecule has 2 aliphatic heterocycles. The molecule has 51 heavy (non-hydrogen) atoms. The summed E-state index contributed by atoms with van der Waals surface area (Å²) in [5.74, 6) is 3.30. The molecule has 4 aromatic rings. The SMILES string of the molecule is CCC(CC)(CC(O)COc1ccc(Cc2ccc(OC(CC)(CC)C3CO3)cc2)cc1)Oc1ccc(Cc2ccc(OCC3CO3)cc2)cc1. The van der Waals surface area contributed by atoms with Crippen LogP contribution in [0.1, 0.15) is 82.1 Å². The van der Waals surface area contributed by atoms with Crippen LogP contribution in [0, 0.1) is 0 Å². The maximum absolute atomic E-state index is 11.0. The molecule has 3 atom stereocenters. The number of aliphatic hydroxyl groups excluding tert-OH is 1. The van der Waals surface area contributed by atoms with E-state index >= 15 is 0 Å². The summed E-state index contributed by atoms with van der Waals surface area (Å²) in [5, 5.41) is 11.0. The molecule has 7 heteroatoms. The summed E-state index contributed by atoms with van der Waals surface area (Å²) < 4.78 is 35.6. The summed E-state index contributed by atoms with van der Waals surface area (Å²) in [5.41, 5.74) is 4.11. The minimum Gasteiger partial charge on any atom is -0.491 e. The number of ether oxygens (including phenoxy) is 6. The zero-order valence-corrected chi connectivity index (χ0v) is 30.6. The Morgan fingerprint density at radius 1 is 0.588 bits per heavy atom. The van der Waals surface area contributed by atoms with E-state index in [1.165, 1.54) is 22.3 Å². The van der Waals surface area contributed by atoms with Crippen molar-refractivity contribution >= 4 is 0 Å². The van der Waals surface area contributed by atoms with Crippen molar-refractivity contribution < 1.29 is 33.5 Å². The van der Waals surface area contributed by atoms with E-state index in [4.69, 9.17) is 28.4 Å². The Hall–Kier alpha value is -4.04. The summed E-state index contributed by atoms with van der Waals surface area (Å²) in [4.78, 5) is 0. The number of hydrogen-bond acceptors (Lipinski definition) is 7. The lowest BCUT2D eigenvalue weighted by Crippen LogP contribution is -2.40. The van der Waals surface area contributed by atoms with Crippen LogP contribution in [0.15, 0.2) is 97.1 Å². The average molecular weight is 695 g/mol. The molecule has 2 heterocycles. The Bertz CT molecular complexity index is 1620. The van der Waals surface area contributed by atoms with Crippen LogP contribution in [0.3, 0.4) is 0 Å². The molecule has 0 aromatic heterocycles. The average Bonchev–Trinajstić information content (AvgIpc) is 4.10. The van der Waals surface area contributed by atoms with Gasteiger partial charge in [0.25, 0.3) is 0 Å². The van der Waals surface area contributed by atoms with Crippen molar-refractivity contribution in [3.8, 4) is 23.0 Å². The molecule has 7 nitrogen and oxygen atoms in total.